The van der Waals surface area contributed by atoms with Gasteiger partial charge in [0.1, 0.15) is 0 Å². The number of methoxy groups -OCH3 is 1. The molecule has 122 valence electrons. The average molecular weight is 305 g/mol. The molecule has 1 aromatic carbocycles. The summed E-state index contributed by atoms with van der Waals surface area (Å²) in [4.78, 5) is 14.5. The molecule has 1 saturated heterocycles. The first-order valence-electron chi connectivity index (χ1n) is 7.89. The van der Waals surface area contributed by atoms with Gasteiger partial charge in [0.25, 0.3) is 5.91 Å². The first-order valence-corrected chi connectivity index (χ1v) is 7.89. The Balaban J connectivity index is 2.08. The molecule has 0 aliphatic carbocycles. The summed E-state index contributed by atoms with van der Waals surface area (Å²) in [7, 11) is 1.55. The summed E-state index contributed by atoms with van der Waals surface area (Å²) in [5, 5.41) is 10.4. The SMILES string of the molecule is CO[C@H](C(=O)N1CC[C@H](C(C)(C)C)[C@H](O)C1)c1ccccc1. The second kappa shape index (κ2) is 6.80. The van der Waals surface area contributed by atoms with Gasteiger partial charge in [0, 0.05) is 20.2 Å². The summed E-state index contributed by atoms with van der Waals surface area (Å²) in [5.41, 5.74) is 0.900. The zero-order valence-electron chi connectivity index (χ0n) is 14.0. The molecule has 0 bridgehead atoms. The van der Waals surface area contributed by atoms with E-state index in [9.17, 15) is 9.90 Å². The van der Waals surface area contributed by atoms with E-state index in [0.29, 0.717) is 13.1 Å². The van der Waals surface area contributed by atoms with E-state index in [0.717, 1.165) is 12.0 Å². The molecular weight excluding hydrogens is 278 g/mol. The fourth-order valence-electron chi connectivity index (χ4n) is 3.32. The Bertz CT molecular complexity index is 495. The van der Waals surface area contributed by atoms with Crippen LogP contribution in [-0.2, 0) is 9.53 Å². The van der Waals surface area contributed by atoms with Crippen LogP contribution in [0.15, 0.2) is 30.3 Å². The molecule has 1 heterocycles. The Morgan fingerprint density at radius 2 is 1.95 bits per heavy atom. The molecule has 2 rings (SSSR count). The summed E-state index contributed by atoms with van der Waals surface area (Å²) < 4.78 is 5.41. The number of rotatable bonds is 3. The average Bonchev–Trinajstić information content (AvgIpc) is 2.47. The number of carbonyl (C=O) groups is 1. The number of benzene rings is 1. The molecule has 1 aromatic rings. The van der Waals surface area contributed by atoms with Gasteiger partial charge in [-0.05, 0) is 23.3 Å². The van der Waals surface area contributed by atoms with Gasteiger partial charge in [-0.1, -0.05) is 51.1 Å². The van der Waals surface area contributed by atoms with Crippen molar-refractivity contribution in [2.75, 3.05) is 20.2 Å². The second-order valence-corrected chi connectivity index (χ2v) is 7.14. The standard InChI is InChI=1S/C18H27NO3/c1-18(2,3)14-10-11-19(12-15(14)20)17(21)16(22-4)13-8-6-5-7-9-13/h5-9,14-16,20H,10-12H2,1-4H3/t14-,15+,16-/m0/s1. The minimum atomic E-state index is -0.598. The van der Waals surface area contributed by atoms with Crippen molar-refractivity contribution in [2.24, 2.45) is 11.3 Å². The van der Waals surface area contributed by atoms with Gasteiger partial charge >= 0.3 is 0 Å². The Labute approximate surface area is 133 Å². The van der Waals surface area contributed by atoms with Crippen LogP contribution in [0.4, 0.5) is 0 Å². The van der Waals surface area contributed by atoms with Crippen LogP contribution >= 0.6 is 0 Å². The van der Waals surface area contributed by atoms with Gasteiger partial charge in [-0.3, -0.25) is 4.79 Å². The molecule has 1 aliphatic rings. The first kappa shape index (κ1) is 17.0. The molecule has 1 aliphatic heterocycles. The first-order chi connectivity index (χ1) is 10.3. The number of β-amino-alcohol motifs (C(OH)–C–C–N with tert-alkyl or cyclic N) is 1. The van der Waals surface area contributed by atoms with Crippen LogP contribution in [0.3, 0.4) is 0 Å². The van der Waals surface area contributed by atoms with Crippen molar-refractivity contribution in [2.45, 2.75) is 39.4 Å². The topological polar surface area (TPSA) is 49.8 Å². The molecule has 1 fully saturated rings. The molecule has 0 aromatic heterocycles. The zero-order chi connectivity index (χ0) is 16.3. The monoisotopic (exact) mass is 305 g/mol. The van der Waals surface area contributed by atoms with Crippen molar-refractivity contribution >= 4 is 5.91 Å². The van der Waals surface area contributed by atoms with Crippen LogP contribution in [0.25, 0.3) is 0 Å². The summed E-state index contributed by atoms with van der Waals surface area (Å²) in [6.07, 6.45) is -0.257. The van der Waals surface area contributed by atoms with E-state index in [4.69, 9.17) is 4.74 Å². The van der Waals surface area contributed by atoms with E-state index in [1.807, 2.05) is 30.3 Å². The number of aliphatic hydroxyl groups is 1. The van der Waals surface area contributed by atoms with Crippen molar-refractivity contribution in [3.63, 3.8) is 0 Å². The maximum absolute atomic E-state index is 12.7. The smallest absolute Gasteiger partial charge is 0.256 e. The third kappa shape index (κ3) is 3.68. The van der Waals surface area contributed by atoms with Crippen LogP contribution in [0.1, 0.15) is 38.9 Å². The van der Waals surface area contributed by atoms with Crippen molar-refractivity contribution in [1.82, 2.24) is 4.90 Å². The Kier molecular flexibility index (Phi) is 5.24. The molecule has 1 amide bonds. The molecule has 0 radical (unpaired) electrons. The number of hydrogen-bond donors (Lipinski definition) is 1. The van der Waals surface area contributed by atoms with Gasteiger partial charge < -0.3 is 14.7 Å². The molecule has 0 unspecified atom stereocenters. The Hall–Kier alpha value is -1.39. The number of piperidine rings is 1. The van der Waals surface area contributed by atoms with Crippen molar-refractivity contribution in [1.29, 1.82) is 0 Å². The van der Waals surface area contributed by atoms with E-state index in [1.165, 1.54) is 0 Å². The van der Waals surface area contributed by atoms with Crippen molar-refractivity contribution in [3.05, 3.63) is 35.9 Å². The molecule has 4 heteroatoms. The van der Waals surface area contributed by atoms with Crippen LogP contribution in [0.2, 0.25) is 0 Å². The maximum atomic E-state index is 12.7. The van der Waals surface area contributed by atoms with Gasteiger partial charge in [0.15, 0.2) is 6.10 Å². The lowest BCUT2D eigenvalue weighted by molar-refractivity contribution is -0.148. The zero-order valence-corrected chi connectivity index (χ0v) is 14.0. The predicted octanol–water partition coefficient (Wildman–Crippen LogP) is 2.63. The van der Waals surface area contributed by atoms with Gasteiger partial charge in [-0.15, -0.1) is 0 Å². The number of nitrogens with zero attached hydrogens (tertiary/aromatic N) is 1. The number of carbonyl (C=O) groups excluding carboxylic acids is 1. The molecule has 1 N–H and O–H groups in total. The number of amides is 1. The van der Waals surface area contributed by atoms with Crippen LogP contribution < -0.4 is 0 Å². The Morgan fingerprint density at radius 3 is 2.45 bits per heavy atom. The highest BCUT2D eigenvalue weighted by Crippen LogP contribution is 2.35. The lowest BCUT2D eigenvalue weighted by Gasteiger charge is -2.42. The maximum Gasteiger partial charge on any atom is 0.256 e. The highest BCUT2D eigenvalue weighted by atomic mass is 16.5. The predicted molar refractivity (Wildman–Crippen MR) is 86.3 cm³/mol. The largest absolute Gasteiger partial charge is 0.391 e. The molecule has 22 heavy (non-hydrogen) atoms. The third-order valence-corrected chi connectivity index (χ3v) is 4.57. The highest BCUT2D eigenvalue weighted by Gasteiger charge is 2.38. The fourth-order valence-corrected chi connectivity index (χ4v) is 3.32. The number of ether oxygens (including phenoxy) is 1. The van der Waals surface area contributed by atoms with E-state index >= 15 is 0 Å². The van der Waals surface area contributed by atoms with Crippen LogP contribution in [-0.4, -0.2) is 42.2 Å². The number of likely N-dealkylation sites (tertiary alicyclic amines) is 1. The van der Waals surface area contributed by atoms with Gasteiger partial charge in [-0.25, -0.2) is 0 Å². The second-order valence-electron chi connectivity index (χ2n) is 7.14. The Morgan fingerprint density at radius 1 is 1.32 bits per heavy atom. The van der Waals surface area contributed by atoms with E-state index < -0.39 is 12.2 Å². The van der Waals surface area contributed by atoms with E-state index in [2.05, 4.69) is 20.8 Å². The van der Waals surface area contributed by atoms with Crippen molar-refractivity contribution in [3.8, 4) is 0 Å². The van der Waals surface area contributed by atoms with Gasteiger partial charge in [0.2, 0.25) is 0 Å². The lowest BCUT2D eigenvalue weighted by atomic mass is 9.73. The summed E-state index contributed by atoms with van der Waals surface area (Å²) in [6.45, 7) is 7.47. The summed E-state index contributed by atoms with van der Waals surface area (Å²) >= 11 is 0. The summed E-state index contributed by atoms with van der Waals surface area (Å²) in [6, 6.07) is 9.50. The molecular formula is C18H27NO3. The minimum absolute atomic E-state index is 0.0502. The fraction of sp³-hybridized carbons (Fsp3) is 0.611. The van der Waals surface area contributed by atoms with Crippen LogP contribution in [0.5, 0.6) is 0 Å². The van der Waals surface area contributed by atoms with Gasteiger partial charge in [-0.2, -0.15) is 0 Å². The third-order valence-electron chi connectivity index (χ3n) is 4.57. The van der Waals surface area contributed by atoms with Crippen LogP contribution in [0, 0.1) is 11.3 Å². The minimum Gasteiger partial charge on any atom is -0.391 e. The lowest BCUT2D eigenvalue weighted by Crippen LogP contribution is -2.51. The summed E-state index contributed by atoms with van der Waals surface area (Å²) in [5.74, 6) is 0.148. The van der Waals surface area contributed by atoms with Crippen molar-refractivity contribution < 1.29 is 14.6 Å². The quantitative estimate of drug-likeness (QED) is 0.934. The number of aliphatic hydroxyl groups excluding tert-OH is 1. The molecule has 0 saturated carbocycles. The highest BCUT2D eigenvalue weighted by molar-refractivity contribution is 5.82. The van der Waals surface area contributed by atoms with Gasteiger partial charge in [0.05, 0.1) is 6.10 Å². The van der Waals surface area contributed by atoms with E-state index in [-0.39, 0.29) is 17.2 Å². The molecule has 0 spiro atoms. The van der Waals surface area contributed by atoms with E-state index in [1.54, 1.807) is 12.0 Å². The molecule has 4 nitrogen and oxygen atoms in total. The number of hydrogen-bond acceptors (Lipinski definition) is 3. The molecule has 3 atom stereocenters. The normalized spacial score (nSPS) is 24.1.